The zero-order chi connectivity index (χ0) is 23.6. The molecule has 0 bridgehead atoms. The van der Waals surface area contributed by atoms with Gasteiger partial charge in [-0.05, 0) is 62.8 Å². The molecule has 178 valence electrons. The molecule has 8 heteroatoms. The van der Waals surface area contributed by atoms with E-state index in [0.717, 1.165) is 65.3 Å². The van der Waals surface area contributed by atoms with Gasteiger partial charge in [-0.1, -0.05) is 0 Å². The molecule has 1 aliphatic heterocycles. The summed E-state index contributed by atoms with van der Waals surface area (Å²) >= 11 is 0. The van der Waals surface area contributed by atoms with Crippen LogP contribution in [0.4, 0.5) is 0 Å². The minimum atomic E-state index is -0.0207. The zero-order valence-electron chi connectivity index (χ0n) is 20.0. The van der Waals surface area contributed by atoms with Crippen LogP contribution in [0.25, 0.3) is 33.7 Å². The van der Waals surface area contributed by atoms with Crippen LogP contribution in [0.3, 0.4) is 0 Å². The van der Waals surface area contributed by atoms with E-state index < -0.39 is 0 Å². The number of ether oxygens (including phenoxy) is 1. The average molecular weight is 462 g/mol. The normalized spacial score (nSPS) is 18.8. The largest absolute Gasteiger partial charge is 0.494 e. The number of imidazole rings is 1. The third-order valence-electron chi connectivity index (χ3n) is 7.20. The predicted molar refractivity (Wildman–Crippen MR) is 131 cm³/mol. The number of carbonyl (C=O) groups excluding carboxylic acids is 1. The number of hydrogen-bond donors (Lipinski definition) is 1. The quantitative estimate of drug-likeness (QED) is 0.484. The van der Waals surface area contributed by atoms with E-state index in [9.17, 15) is 4.79 Å². The Balaban J connectivity index is 1.46. The van der Waals surface area contributed by atoms with Gasteiger partial charge in [0.2, 0.25) is 5.71 Å². The summed E-state index contributed by atoms with van der Waals surface area (Å²) in [5, 5.41) is 1.09. The maximum absolute atomic E-state index is 13.3. The fourth-order valence-corrected chi connectivity index (χ4v) is 5.29. The highest BCUT2D eigenvalue weighted by molar-refractivity contribution is 6.00. The van der Waals surface area contributed by atoms with Crippen LogP contribution in [0.15, 0.2) is 28.7 Å². The van der Waals surface area contributed by atoms with Gasteiger partial charge in [-0.15, -0.1) is 0 Å². The summed E-state index contributed by atoms with van der Waals surface area (Å²) in [6.07, 6.45) is 4.39. The number of nitrogens with zero attached hydrogens (tertiary/aromatic N) is 4. The smallest absolute Gasteiger partial charge is 0.254 e. The first-order valence-corrected chi connectivity index (χ1v) is 12.1. The first kappa shape index (κ1) is 21.3. The Labute approximate surface area is 198 Å². The van der Waals surface area contributed by atoms with Gasteiger partial charge in [0.1, 0.15) is 17.0 Å². The SMILES string of the molecule is COc1cc(C(=O)N2CCC[C@@H](N)C2)cc2nc(-c3cc4cc(C)oc4n3CC3CC3)n(C)c12. The number of amides is 1. The lowest BCUT2D eigenvalue weighted by molar-refractivity contribution is 0.0708. The summed E-state index contributed by atoms with van der Waals surface area (Å²) < 4.78 is 16.1. The molecule has 2 N–H and O–H groups in total. The summed E-state index contributed by atoms with van der Waals surface area (Å²) in [6, 6.07) is 7.97. The molecule has 3 aromatic heterocycles. The summed E-state index contributed by atoms with van der Waals surface area (Å²) in [6.45, 7) is 4.22. The number of benzene rings is 1. The van der Waals surface area contributed by atoms with Crippen molar-refractivity contribution >= 4 is 28.0 Å². The molecule has 34 heavy (non-hydrogen) atoms. The average Bonchev–Trinajstić information content (AvgIpc) is 3.38. The van der Waals surface area contributed by atoms with E-state index >= 15 is 0 Å². The van der Waals surface area contributed by atoms with Crippen molar-refractivity contribution in [2.45, 2.75) is 45.2 Å². The molecule has 1 aromatic carbocycles. The molecule has 4 aromatic rings. The van der Waals surface area contributed by atoms with Crippen LogP contribution in [0.2, 0.25) is 0 Å². The molecule has 6 rings (SSSR count). The number of hydrogen-bond acceptors (Lipinski definition) is 5. The van der Waals surface area contributed by atoms with E-state index in [0.29, 0.717) is 23.8 Å². The van der Waals surface area contributed by atoms with Gasteiger partial charge in [0, 0.05) is 43.7 Å². The molecule has 8 nitrogen and oxygen atoms in total. The van der Waals surface area contributed by atoms with Crippen LogP contribution >= 0.6 is 0 Å². The molecular weight excluding hydrogens is 430 g/mol. The molecule has 0 unspecified atom stereocenters. The van der Waals surface area contributed by atoms with Crippen LogP contribution < -0.4 is 10.5 Å². The van der Waals surface area contributed by atoms with E-state index in [2.05, 4.69) is 21.3 Å². The third-order valence-corrected chi connectivity index (χ3v) is 7.20. The Kier molecular flexibility index (Phi) is 4.95. The van der Waals surface area contributed by atoms with Crippen LogP contribution in [0.1, 0.15) is 41.8 Å². The van der Waals surface area contributed by atoms with E-state index in [-0.39, 0.29) is 11.9 Å². The second-order valence-electron chi connectivity index (χ2n) is 9.90. The monoisotopic (exact) mass is 461 g/mol. The highest BCUT2D eigenvalue weighted by Crippen LogP contribution is 2.38. The molecule has 1 saturated carbocycles. The second kappa shape index (κ2) is 7.91. The Bertz CT molecular complexity index is 1410. The van der Waals surface area contributed by atoms with Crippen molar-refractivity contribution in [1.82, 2.24) is 19.0 Å². The summed E-state index contributed by atoms with van der Waals surface area (Å²) in [7, 11) is 3.64. The Morgan fingerprint density at radius 3 is 2.79 bits per heavy atom. The topological polar surface area (TPSA) is 91.5 Å². The molecule has 1 amide bonds. The van der Waals surface area contributed by atoms with Gasteiger partial charge in [0.15, 0.2) is 5.82 Å². The van der Waals surface area contributed by atoms with Crippen molar-refractivity contribution < 1.29 is 13.9 Å². The van der Waals surface area contributed by atoms with E-state index in [1.165, 1.54) is 12.8 Å². The summed E-state index contributed by atoms with van der Waals surface area (Å²) in [5.74, 6) is 3.05. The highest BCUT2D eigenvalue weighted by atomic mass is 16.5. The lowest BCUT2D eigenvalue weighted by Gasteiger charge is -2.30. The second-order valence-corrected chi connectivity index (χ2v) is 9.90. The number of aromatic nitrogens is 3. The van der Waals surface area contributed by atoms with Gasteiger partial charge in [-0.2, -0.15) is 0 Å². The summed E-state index contributed by atoms with van der Waals surface area (Å²) in [5.41, 5.74) is 10.2. The number of methoxy groups -OCH3 is 1. The molecule has 0 radical (unpaired) electrons. The van der Waals surface area contributed by atoms with Crippen molar-refractivity contribution in [1.29, 1.82) is 0 Å². The van der Waals surface area contributed by atoms with Gasteiger partial charge in [-0.3, -0.25) is 4.79 Å². The van der Waals surface area contributed by atoms with Crippen molar-refractivity contribution in [3.63, 3.8) is 0 Å². The fraction of sp³-hybridized carbons (Fsp3) is 0.462. The first-order valence-electron chi connectivity index (χ1n) is 12.1. The van der Waals surface area contributed by atoms with Gasteiger partial charge in [0.25, 0.3) is 5.91 Å². The lowest BCUT2D eigenvalue weighted by Crippen LogP contribution is -2.45. The number of aryl methyl sites for hydroxylation is 2. The minimum Gasteiger partial charge on any atom is -0.494 e. The molecule has 2 aliphatic rings. The Morgan fingerprint density at radius 1 is 1.24 bits per heavy atom. The molecule has 2 fully saturated rings. The first-order chi connectivity index (χ1) is 16.4. The molecule has 1 aliphatic carbocycles. The van der Waals surface area contributed by atoms with Crippen LogP contribution in [0.5, 0.6) is 5.75 Å². The van der Waals surface area contributed by atoms with Crippen LogP contribution in [-0.4, -0.2) is 51.2 Å². The highest BCUT2D eigenvalue weighted by Gasteiger charge is 2.28. The third kappa shape index (κ3) is 3.48. The fourth-order valence-electron chi connectivity index (χ4n) is 5.29. The Morgan fingerprint density at radius 2 is 2.06 bits per heavy atom. The minimum absolute atomic E-state index is 0.0207. The zero-order valence-corrected chi connectivity index (χ0v) is 20.0. The summed E-state index contributed by atoms with van der Waals surface area (Å²) in [4.78, 5) is 20.1. The maximum atomic E-state index is 13.3. The van der Waals surface area contributed by atoms with E-state index in [1.54, 1.807) is 7.11 Å². The van der Waals surface area contributed by atoms with Gasteiger partial charge < -0.3 is 28.9 Å². The number of carbonyl (C=O) groups is 1. The molecule has 4 heterocycles. The number of fused-ring (bicyclic) bond motifs is 2. The molecular formula is C26H31N5O3. The molecule has 1 atom stereocenters. The van der Waals surface area contributed by atoms with Crippen molar-refractivity contribution in [3.8, 4) is 17.3 Å². The molecule has 1 saturated heterocycles. The number of piperidine rings is 1. The molecule has 0 spiro atoms. The van der Waals surface area contributed by atoms with Crippen LogP contribution in [0, 0.1) is 12.8 Å². The predicted octanol–water partition coefficient (Wildman–Crippen LogP) is 4.08. The van der Waals surface area contributed by atoms with E-state index in [4.69, 9.17) is 19.9 Å². The number of likely N-dealkylation sites (tertiary alicyclic amines) is 1. The van der Waals surface area contributed by atoms with Crippen LogP contribution in [-0.2, 0) is 13.6 Å². The Hall–Kier alpha value is -3.26. The standard InChI is InChI=1S/C26H31N5O3/c1-15-9-18-11-21(31(26(18)34-15)13-16-6-7-16)24-28-20-10-17(12-22(33-3)23(20)29(24)2)25(32)30-8-4-5-19(27)14-30/h9-12,16,19H,4-8,13-14,27H2,1-3H3/t19-/m1/s1. The number of nitrogens with two attached hydrogens (primary N) is 1. The van der Waals surface area contributed by atoms with Gasteiger partial charge in [0.05, 0.1) is 18.3 Å². The number of furan rings is 1. The maximum Gasteiger partial charge on any atom is 0.254 e. The van der Waals surface area contributed by atoms with Crippen molar-refractivity contribution in [3.05, 3.63) is 35.6 Å². The van der Waals surface area contributed by atoms with E-state index in [1.807, 2.05) is 31.0 Å². The number of rotatable bonds is 5. The lowest BCUT2D eigenvalue weighted by atomic mass is 10.0. The van der Waals surface area contributed by atoms with Crippen molar-refractivity contribution in [2.75, 3.05) is 20.2 Å². The van der Waals surface area contributed by atoms with Gasteiger partial charge >= 0.3 is 0 Å². The van der Waals surface area contributed by atoms with Crippen molar-refractivity contribution in [2.24, 2.45) is 18.7 Å². The van der Waals surface area contributed by atoms with Gasteiger partial charge in [-0.25, -0.2) is 4.98 Å².